The SMILES string of the molecule is CNS(=O)(=O)c1nnc(-c2c[nH]n3c(=O)cc(-c4ccc(C(F)(F)F)cn4)nc23)o1. The minimum atomic E-state index is -4.56. The van der Waals surface area contributed by atoms with Crippen molar-refractivity contribution in [3.63, 3.8) is 0 Å². The predicted molar refractivity (Wildman–Crippen MR) is 93.6 cm³/mol. The molecular weight excluding hydrogens is 431 g/mol. The highest BCUT2D eigenvalue weighted by molar-refractivity contribution is 7.89. The van der Waals surface area contributed by atoms with E-state index in [1.54, 1.807) is 0 Å². The van der Waals surface area contributed by atoms with E-state index >= 15 is 0 Å². The summed E-state index contributed by atoms with van der Waals surface area (Å²) in [6.07, 6.45) is -2.64. The molecule has 0 saturated heterocycles. The molecule has 0 aromatic carbocycles. The summed E-state index contributed by atoms with van der Waals surface area (Å²) < 4.78 is 69.9. The van der Waals surface area contributed by atoms with Gasteiger partial charge in [0.15, 0.2) is 5.65 Å². The molecule has 156 valence electrons. The maximum absolute atomic E-state index is 12.7. The van der Waals surface area contributed by atoms with Gasteiger partial charge in [-0.2, -0.15) is 13.2 Å². The third-order valence-electron chi connectivity index (χ3n) is 3.99. The lowest BCUT2D eigenvalue weighted by Crippen LogP contribution is -2.18. The van der Waals surface area contributed by atoms with Gasteiger partial charge in [0, 0.05) is 18.5 Å². The van der Waals surface area contributed by atoms with Crippen molar-refractivity contribution >= 4 is 15.7 Å². The summed E-state index contributed by atoms with van der Waals surface area (Å²) in [6.45, 7) is 0. The van der Waals surface area contributed by atoms with E-state index < -0.39 is 32.5 Å². The molecule has 30 heavy (non-hydrogen) atoms. The Balaban J connectivity index is 1.82. The Morgan fingerprint density at radius 3 is 2.60 bits per heavy atom. The quantitative estimate of drug-likeness (QED) is 0.478. The monoisotopic (exact) mass is 441 g/mol. The average Bonchev–Trinajstić information content (AvgIpc) is 3.35. The molecule has 4 rings (SSSR count). The van der Waals surface area contributed by atoms with E-state index in [4.69, 9.17) is 4.42 Å². The van der Waals surface area contributed by atoms with Crippen LogP contribution in [-0.2, 0) is 16.2 Å². The lowest BCUT2D eigenvalue weighted by Gasteiger charge is -2.06. The molecule has 0 radical (unpaired) electrons. The minimum Gasteiger partial charge on any atom is -0.407 e. The number of sulfonamides is 1. The maximum Gasteiger partial charge on any atom is 0.417 e. The van der Waals surface area contributed by atoms with Crippen molar-refractivity contribution in [2.45, 2.75) is 11.4 Å². The van der Waals surface area contributed by atoms with Crippen molar-refractivity contribution in [1.82, 2.24) is 34.5 Å². The van der Waals surface area contributed by atoms with E-state index in [1.807, 2.05) is 4.72 Å². The topological polar surface area (TPSA) is 148 Å². The molecule has 11 nitrogen and oxygen atoms in total. The highest BCUT2D eigenvalue weighted by Crippen LogP contribution is 2.30. The van der Waals surface area contributed by atoms with Crippen molar-refractivity contribution in [2.24, 2.45) is 0 Å². The first-order valence-corrected chi connectivity index (χ1v) is 9.51. The van der Waals surface area contributed by atoms with Gasteiger partial charge in [0.2, 0.25) is 0 Å². The van der Waals surface area contributed by atoms with Crippen LogP contribution in [0.4, 0.5) is 13.2 Å². The van der Waals surface area contributed by atoms with Gasteiger partial charge >= 0.3 is 11.4 Å². The number of alkyl halides is 3. The summed E-state index contributed by atoms with van der Waals surface area (Å²) in [6, 6.07) is 2.97. The van der Waals surface area contributed by atoms with Gasteiger partial charge in [0.1, 0.15) is 5.56 Å². The molecule has 0 unspecified atom stereocenters. The molecule has 0 amide bonds. The number of hydrogen-bond acceptors (Lipinski definition) is 8. The molecule has 0 aliphatic heterocycles. The van der Waals surface area contributed by atoms with Crippen LogP contribution in [0.5, 0.6) is 0 Å². The zero-order valence-electron chi connectivity index (χ0n) is 14.8. The number of hydrogen-bond donors (Lipinski definition) is 2. The zero-order chi connectivity index (χ0) is 21.7. The van der Waals surface area contributed by atoms with Crippen LogP contribution in [0.2, 0.25) is 0 Å². The first-order valence-electron chi connectivity index (χ1n) is 8.02. The van der Waals surface area contributed by atoms with E-state index in [1.165, 1.54) is 6.20 Å². The summed E-state index contributed by atoms with van der Waals surface area (Å²) in [5.74, 6) is -0.244. The van der Waals surface area contributed by atoms with Gasteiger partial charge in [-0.3, -0.25) is 14.9 Å². The minimum absolute atomic E-state index is 0.00263. The number of nitrogens with one attached hydrogen (secondary N) is 2. The van der Waals surface area contributed by atoms with Gasteiger partial charge in [-0.1, -0.05) is 5.10 Å². The van der Waals surface area contributed by atoms with Crippen molar-refractivity contribution in [3.05, 3.63) is 46.5 Å². The summed E-state index contributed by atoms with van der Waals surface area (Å²) in [5, 5.41) is 9.00. The number of pyridine rings is 1. The van der Waals surface area contributed by atoms with Crippen LogP contribution in [0.15, 0.2) is 45.0 Å². The fourth-order valence-electron chi connectivity index (χ4n) is 2.50. The number of aromatic nitrogens is 6. The maximum atomic E-state index is 12.7. The second-order valence-corrected chi connectivity index (χ2v) is 7.60. The fraction of sp³-hybridized carbons (Fsp3) is 0.133. The van der Waals surface area contributed by atoms with E-state index in [-0.39, 0.29) is 28.5 Å². The van der Waals surface area contributed by atoms with E-state index in [0.29, 0.717) is 6.20 Å². The highest BCUT2D eigenvalue weighted by Gasteiger charge is 2.31. The van der Waals surface area contributed by atoms with Crippen LogP contribution in [0, 0.1) is 0 Å². The number of fused-ring (bicyclic) bond motifs is 1. The van der Waals surface area contributed by atoms with E-state index in [0.717, 1.165) is 29.8 Å². The summed E-state index contributed by atoms with van der Waals surface area (Å²) >= 11 is 0. The molecule has 4 aromatic rings. The third-order valence-corrected chi connectivity index (χ3v) is 5.15. The normalized spacial score (nSPS) is 12.5. The average molecular weight is 441 g/mol. The Morgan fingerprint density at radius 1 is 1.20 bits per heavy atom. The molecule has 4 heterocycles. The second-order valence-electron chi connectivity index (χ2n) is 5.84. The smallest absolute Gasteiger partial charge is 0.407 e. The molecular formula is C15H10F3N7O4S. The second kappa shape index (κ2) is 6.74. The van der Waals surface area contributed by atoms with Gasteiger partial charge in [-0.15, -0.1) is 5.10 Å². The molecule has 0 atom stereocenters. The van der Waals surface area contributed by atoms with Gasteiger partial charge in [-0.05, 0) is 19.2 Å². The Bertz CT molecular complexity index is 1400. The highest BCUT2D eigenvalue weighted by atomic mass is 32.2. The van der Waals surface area contributed by atoms with Crippen LogP contribution in [-0.4, -0.2) is 45.2 Å². The van der Waals surface area contributed by atoms with Crippen molar-refractivity contribution in [1.29, 1.82) is 0 Å². The molecule has 0 aliphatic rings. The molecule has 0 fully saturated rings. The lowest BCUT2D eigenvalue weighted by molar-refractivity contribution is -0.137. The lowest BCUT2D eigenvalue weighted by atomic mass is 10.2. The number of rotatable bonds is 4. The Hall–Kier alpha value is -3.59. The van der Waals surface area contributed by atoms with Crippen molar-refractivity contribution in [3.8, 4) is 22.8 Å². The zero-order valence-corrected chi connectivity index (χ0v) is 15.6. The number of nitrogens with zero attached hydrogens (tertiary/aromatic N) is 5. The van der Waals surface area contributed by atoms with E-state index in [2.05, 4.69) is 25.3 Å². The standard InChI is InChI=1S/C15H10F3N7O4S/c1-19-30(27,28)14-24-23-13(29-14)8-6-21-25-11(26)4-10(22-12(8)25)9-3-2-7(5-20-9)15(16,17)18/h2-6,19,21H,1H3. The van der Waals surface area contributed by atoms with Crippen LogP contribution in [0.1, 0.15) is 5.56 Å². The van der Waals surface area contributed by atoms with Gasteiger partial charge in [-0.25, -0.2) is 22.6 Å². The molecule has 2 N–H and O–H groups in total. The first kappa shape index (κ1) is 19.7. The summed E-state index contributed by atoms with van der Waals surface area (Å²) in [5.41, 5.74) is -1.43. The number of aromatic amines is 1. The Labute approximate surface area is 164 Å². The molecule has 4 aromatic heterocycles. The molecule has 0 spiro atoms. The summed E-state index contributed by atoms with van der Waals surface area (Å²) in [4.78, 5) is 20.3. The fourth-order valence-corrected chi connectivity index (χ4v) is 3.01. The van der Waals surface area contributed by atoms with Crippen LogP contribution < -0.4 is 10.3 Å². The number of halogens is 3. The van der Waals surface area contributed by atoms with Crippen molar-refractivity contribution in [2.75, 3.05) is 7.05 Å². The van der Waals surface area contributed by atoms with Gasteiger partial charge in [0.25, 0.3) is 21.5 Å². The van der Waals surface area contributed by atoms with Crippen molar-refractivity contribution < 1.29 is 26.0 Å². The molecule has 0 saturated carbocycles. The third kappa shape index (κ3) is 3.33. The molecule has 0 aliphatic carbocycles. The van der Waals surface area contributed by atoms with Crippen LogP contribution >= 0.6 is 0 Å². The Morgan fingerprint density at radius 2 is 1.97 bits per heavy atom. The van der Waals surface area contributed by atoms with Gasteiger partial charge in [0.05, 0.1) is 17.0 Å². The van der Waals surface area contributed by atoms with Crippen LogP contribution in [0.25, 0.3) is 28.5 Å². The largest absolute Gasteiger partial charge is 0.417 e. The number of H-pyrrole nitrogens is 1. The Kier molecular flexibility index (Phi) is 4.43. The molecule has 0 bridgehead atoms. The molecule has 15 heteroatoms. The predicted octanol–water partition coefficient (Wildman–Crippen LogP) is 1.06. The van der Waals surface area contributed by atoms with Crippen LogP contribution in [0.3, 0.4) is 0 Å². The van der Waals surface area contributed by atoms with Gasteiger partial charge < -0.3 is 4.42 Å². The first-order chi connectivity index (χ1) is 14.1. The summed E-state index contributed by atoms with van der Waals surface area (Å²) in [7, 11) is -2.83. The van der Waals surface area contributed by atoms with E-state index in [9.17, 15) is 26.4 Å².